The van der Waals surface area contributed by atoms with Crippen molar-refractivity contribution in [2.75, 3.05) is 11.9 Å². The molecule has 9 nitrogen and oxygen atoms in total. The Balaban J connectivity index is 1.90. The number of primary sulfonamides is 1. The average Bonchev–Trinajstić information content (AvgIpc) is 3.12. The first-order chi connectivity index (χ1) is 14.8. The number of H-pyrrole nitrogens is 1. The van der Waals surface area contributed by atoms with Gasteiger partial charge in [0.15, 0.2) is 0 Å². The SMILES string of the molecule is CC(C)C(Nc1cncc(-c2c[nH]c3ncc(S(N)(=O)=O)cc23)c1)C(=O)NCC(F)(F)F. The van der Waals surface area contributed by atoms with Gasteiger partial charge in [0.2, 0.25) is 15.9 Å². The number of anilines is 1. The molecule has 0 aliphatic carbocycles. The second-order valence-electron chi connectivity index (χ2n) is 7.48. The van der Waals surface area contributed by atoms with Crippen LogP contribution in [-0.4, -0.2) is 48.0 Å². The van der Waals surface area contributed by atoms with E-state index < -0.39 is 34.7 Å². The fourth-order valence-electron chi connectivity index (χ4n) is 3.06. The number of nitrogens with two attached hydrogens (primary N) is 1. The number of hydrogen-bond donors (Lipinski definition) is 4. The van der Waals surface area contributed by atoms with Gasteiger partial charge in [-0.05, 0) is 18.1 Å². The third-order valence-corrected chi connectivity index (χ3v) is 5.50. The average molecular weight is 470 g/mol. The second-order valence-corrected chi connectivity index (χ2v) is 9.04. The van der Waals surface area contributed by atoms with Crippen molar-refractivity contribution >= 4 is 32.7 Å². The number of fused-ring (bicyclic) bond motifs is 1. The molecule has 3 aromatic heterocycles. The quantitative estimate of drug-likeness (QED) is 0.418. The number of sulfonamides is 1. The predicted octanol–water partition coefficient (Wildman–Crippen LogP) is 2.39. The van der Waals surface area contributed by atoms with E-state index in [1.54, 1.807) is 26.1 Å². The van der Waals surface area contributed by atoms with E-state index in [4.69, 9.17) is 5.14 Å². The number of aromatic amines is 1. The zero-order chi connectivity index (χ0) is 23.7. The van der Waals surface area contributed by atoms with Gasteiger partial charge in [0.05, 0.1) is 5.69 Å². The molecular formula is C19H21F3N6O3S. The molecular weight excluding hydrogens is 449 g/mol. The Labute approximate surface area is 181 Å². The van der Waals surface area contributed by atoms with Crippen LogP contribution in [0.3, 0.4) is 0 Å². The summed E-state index contributed by atoms with van der Waals surface area (Å²) < 4.78 is 60.7. The summed E-state index contributed by atoms with van der Waals surface area (Å²) >= 11 is 0. The maximum atomic E-state index is 12.4. The summed E-state index contributed by atoms with van der Waals surface area (Å²) in [5, 5.41) is 10.5. The molecule has 3 heterocycles. The van der Waals surface area contributed by atoms with Crippen molar-refractivity contribution in [3.63, 3.8) is 0 Å². The first-order valence-electron chi connectivity index (χ1n) is 9.41. The first kappa shape index (κ1) is 23.5. The molecule has 0 aliphatic rings. The van der Waals surface area contributed by atoms with E-state index in [1.165, 1.54) is 18.5 Å². The number of alkyl halides is 3. The van der Waals surface area contributed by atoms with Crippen LogP contribution in [0.15, 0.2) is 41.8 Å². The maximum absolute atomic E-state index is 12.4. The van der Waals surface area contributed by atoms with Gasteiger partial charge in [0.1, 0.15) is 23.1 Å². The van der Waals surface area contributed by atoms with Gasteiger partial charge in [-0.2, -0.15) is 13.2 Å². The predicted molar refractivity (Wildman–Crippen MR) is 112 cm³/mol. The summed E-state index contributed by atoms with van der Waals surface area (Å²) in [6.45, 7) is 1.97. The molecule has 1 unspecified atom stereocenters. The molecule has 0 saturated heterocycles. The van der Waals surface area contributed by atoms with Gasteiger partial charge in [-0.1, -0.05) is 13.8 Å². The maximum Gasteiger partial charge on any atom is 0.405 e. The van der Waals surface area contributed by atoms with Crippen LogP contribution in [0, 0.1) is 5.92 Å². The summed E-state index contributed by atoms with van der Waals surface area (Å²) in [6.07, 6.45) is 1.19. The molecule has 0 aromatic carbocycles. The van der Waals surface area contributed by atoms with Crippen LogP contribution < -0.4 is 15.8 Å². The van der Waals surface area contributed by atoms with Gasteiger partial charge in [0, 0.05) is 41.3 Å². The highest BCUT2D eigenvalue weighted by atomic mass is 32.2. The Hall–Kier alpha value is -3.19. The van der Waals surface area contributed by atoms with Crippen LogP contribution >= 0.6 is 0 Å². The molecule has 0 radical (unpaired) electrons. The number of carbonyl (C=O) groups is 1. The number of hydrogen-bond acceptors (Lipinski definition) is 6. The number of carbonyl (C=O) groups excluding carboxylic acids is 1. The molecule has 0 bridgehead atoms. The van der Waals surface area contributed by atoms with Crippen LogP contribution in [0.4, 0.5) is 18.9 Å². The van der Waals surface area contributed by atoms with Crippen molar-refractivity contribution in [3.8, 4) is 11.1 Å². The van der Waals surface area contributed by atoms with Crippen LogP contribution in [0.2, 0.25) is 0 Å². The van der Waals surface area contributed by atoms with Gasteiger partial charge in [-0.3, -0.25) is 9.78 Å². The van der Waals surface area contributed by atoms with Crippen LogP contribution in [0.1, 0.15) is 13.8 Å². The first-order valence-corrected chi connectivity index (χ1v) is 11.0. The monoisotopic (exact) mass is 470 g/mol. The molecule has 13 heteroatoms. The van der Waals surface area contributed by atoms with E-state index in [9.17, 15) is 26.4 Å². The van der Waals surface area contributed by atoms with Crippen LogP contribution in [-0.2, 0) is 14.8 Å². The Kier molecular flexibility index (Phi) is 6.41. The smallest absolute Gasteiger partial charge is 0.372 e. The summed E-state index contributed by atoms with van der Waals surface area (Å²) in [6, 6.07) is 2.09. The fourth-order valence-corrected chi connectivity index (χ4v) is 3.54. The van der Waals surface area contributed by atoms with Crippen molar-refractivity contribution in [1.82, 2.24) is 20.3 Å². The molecule has 32 heavy (non-hydrogen) atoms. The van der Waals surface area contributed by atoms with Crippen molar-refractivity contribution in [1.29, 1.82) is 0 Å². The number of nitrogens with zero attached hydrogens (tertiary/aromatic N) is 2. The number of rotatable bonds is 7. The van der Waals surface area contributed by atoms with Gasteiger partial charge in [-0.15, -0.1) is 0 Å². The summed E-state index contributed by atoms with van der Waals surface area (Å²) in [5.74, 6) is -1.11. The minimum Gasteiger partial charge on any atom is -0.372 e. The molecule has 3 aromatic rings. The van der Waals surface area contributed by atoms with E-state index in [2.05, 4.69) is 20.3 Å². The third-order valence-electron chi connectivity index (χ3n) is 4.62. The second kappa shape index (κ2) is 8.74. The zero-order valence-electron chi connectivity index (χ0n) is 17.1. The van der Waals surface area contributed by atoms with Gasteiger partial charge < -0.3 is 15.6 Å². The highest BCUT2D eigenvalue weighted by molar-refractivity contribution is 7.89. The van der Waals surface area contributed by atoms with Crippen molar-refractivity contribution in [3.05, 3.63) is 36.9 Å². The van der Waals surface area contributed by atoms with E-state index >= 15 is 0 Å². The minimum atomic E-state index is -4.52. The molecule has 3 rings (SSSR count). The minimum absolute atomic E-state index is 0.158. The Morgan fingerprint density at radius 3 is 2.56 bits per heavy atom. The topological polar surface area (TPSA) is 143 Å². The molecule has 1 amide bonds. The fraction of sp³-hybridized carbons (Fsp3) is 0.316. The van der Waals surface area contributed by atoms with Gasteiger partial charge >= 0.3 is 6.18 Å². The lowest BCUT2D eigenvalue weighted by molar-refractivity contribution is -0.139. The number of aromatic nitrogens is 3. The van der Waals surface area contributed by atoms with Crippen molar-refractivity contribution in [2.45, 2.75) is 31.0 Å². The highest BCUT2D eigenvalue weighted by Gasteiger charge is 2.30. The summed E-state index contributed by atoms with van der Waals surface area (Å²) in [7, 11) is -3.96. The van der Waals surface area contributed by atoms with E-state index in [0.717, 1.165) is 6.20 Å². The molecule has 172 valence electrons. The lowest BCUT2D eigenvalue weighted by atomic mass is 10.0. The van der Waals surface area contributed by atoms with E-state index in [0.29, 0.717) is 27.8 Å². The lowest BCUT2D eigenvalue weighted by Gasteiger charge is -2.23. The Bertz CT molecular complexity index is 1240. The number of halogens is 3. The largest absolute Gasteiger partial charge is 0.405 e. The van der Waals surface area contributed by atoms with E-state index in [-0.39, 0.29) is 10.8 Å². The molecule has 1 atom stereocenters. The number of nitrogens with one attached hydrogen (secondary N) is 3. The standard InChI is InChI=1S/C19H21F3N6O3S/c1-10(2)16(18(29)27-9-19(20,21)22)28-12-3-11(5-24-6-12)15-8-26-17-14(15)4-13(7-25-17)32(23,30)31/h3-8,10,16,28H,9H2,1-2H3,(H,25,26)(H,27,29)(H2,23,30,31). The van der Waals surface area contributed by atoms with Crippen LogP contribution in [0.5, 0.6) is 0 Å². The molecule has 5 N–H and O–H groups in total. The molecule has 0 fully saturated rings. The van der Waals surface area contributed by atoms with Gasteiger partial charge in [-0.25, -0.2) is 18.5 Å². The van der Waals surface area contributed by atoms with Gasteiger partial charge in [0.25, 0.3) is 0 Å². The zero-order valence-corrected chi connectivity index (χ0v) is 17.9. The molecule has 0 aliphatic heterocycles. The molecule has 0 spiro atoms. The molecule has 0 saturated carbocycles. The third kappa shape index (κ3) is 5.53. The van der Waals surface area contributed by atoms with E-state index in [1.807, 2.05) is 5.32 Å². The highest BCUT2D eigenvalue weighted by Crippen LogP contribution is 2.30. The summed E-state index contributed by atoms with van der Waals surface area (Å²) in [4.78, 5) is 23.2. The summed E-state index contributed by atoms with van der Waals surface area (Å²) in [5.41, 5.74) is 1.97. The van der Waals surface area contributed by atoms with Crippen molar-refractivity contribution < 1.29 is 26.4 Å². The van der Waals surface area contributed by atoms with Crippen molar-refractivity contribution in [2.24, 2.45) is 11.1 Å². The Morgan fingerprint density at radius 1 is 1.22 bits per heavy atom. The Morgan fingerprint density at radius 2 is 1.94 bits per heavy atom. The lowest BCUT2D eigenvalue weighted by Crippen LogP contribution is -2.46. The normalized spacial score (nSPS) is 13.3. The van der Waals surface area contributed by atoms with Crippen LogP contribution in [0.25, 0.3) is 22.2 Å². The number of pyridine rings is 2. The number of amides is 1.